The van der Waals surface area contributed by atoms with Crippen LogP contribution in [0.15, 0.2) is 58.7 Å². The van der Waals surface area contributed by atoms with Gasteiger partial charge in [0.25, 0.3) is 5.56 Å². The quantitative estimate of drug-likeness (QED) is 0.197. The number of hydrogen-bond donors (Lipinski definition) is 0. The molecule has 0 N–H and O–H groups in total. The van der Waals surface area contributed by atoms with Crippen LogP contribution in [0.25, 0.3) is 21.9 Å². The van der Waals surface area contributed by atoms with E-state index in [0.29, 0.717) is 24.0 Å². The molecule has 174 valence electrons. The van der Waals surface area contributed by atoms with Crippen LogP contribution in [0.1, 0.15) is 26.3 Å². The van der Waals surface area contributed by atoms with Crippen molar-refractivity contribution < 1.29 is 4.43 Å². The zero-order valence-electron chi connectivity index (χ0n) is 20.3. The maximum atomic E-state index is 12.7. The van der Waals surface area contributed by atoms with Crippen LogP contribution >= 0.6 is 11.8 Å². The molecular weight excluding hydrogens is 448 g/mol. The second-order valence-corrected chi connectivity index (χ2v) is 15.5. The van der Waals surface area contributed by atoms with Gasteiger partial charge in [0.15, 0.2) is 13.5 Å². The molecule has 0 saturated heterocycles. The minimum absolute atomic E-state index is 0.0614. The van der Waals surface area contributed by atoms with Gasteiger partial charge in [-0.3, -0.25) is 9.36 Å². The van der Waals surface area contributed by atoms with Crippen LogP contribution < -0.4 is 5.56 Å². The standard InChI is InChI=1S/C25H32N4O2SSi/c1-25(2,3)33(5,6)31-14-13-28-12-11-19-15-18(7-9-21(19)28)17-29-22(30)10-8-20-16-26-24(32-4)27-23(20)29/h7-12,15-16H,13-14,17H2,1-6H3. The summed E-state index contributed by atoms with van der Waals surface area (Å²) in [4.78, 5) is 21.6. The topological polar surface area (TPSA) is 61.9 Å². The summed E-state index contributed by atoms with van der Waals surface area (Å²) in [6.07, 6.45) is 5.83. The second-order valence-electron chi connectivity index (χ2n) is 9.90. The molecule has 0 amide bonds. The summed E-state index contributed by atoms with van der Waals surface area (Å²) in [6.45, 7) is 13.4. The Morgan fingerprint density at radius 1 is 1.09 bits per heavy atom. The van der Waals surface area contributed by atoms with Crippen molar-refractivity contribution in [3.63, 3.8) is 0 Å². The molecule has 0 unspecified atom stereocenters. The molecule has 6 nitrogen and oxygen atoms in total. The summed E-state index contributed by atoms with van der Waals surface area (Å²) in [5, 5.41) is 2.89. The van der Waals surface area contributed by atoms with Gasteiger partial charge in [-0.15, -0.1) is 0 Å². The summed E-state index contributed by atoms with van der Waals surface area (Å²) in [5.74, 6) is 0. The lowest BCUT2D eigenvalue weighted by atomic mass is 10.1. The molecule has 0 fully saturated rings. The molecule has 0 radical (unpaired) electrons. The second kappa shape index (κ2) is 9.08. The summed E-state index contributed by atoms with van der Waals surface area (Å²) < 4.78 is 10.3. The molecule has 8 heteroatoms. The normalized spacial score (nSPS) is 12.7. The first kappa shape index (κ1) is 23.7. The lowest BCUT2D eigenvalue weighted by molar-refractivity contribution is 0.273. The molecular formula is C25H32N4O2SSi. The highest BCUT2D eigenvalue weighted by atomic mass is 32.2. The smallest absolute Gasteiger partial charge is 0.252 e. The number of hydrogen-bond acceptors (Lipinski definition) is 5. The molecule has 3 aromatic heterocycles. The van der Waals surface area contributed by atoms with Crippen molar-refractivity contribution in [2.24, 2.45) is 0 Å². The van der Waals surface area contributed by atoms with E-state index in [1.807, 2.05) is 6.26 Å². The summed E-state index contributed by atoms with van der Waals surface area (Å²) in [5.41, 5.74) is 2.85. The van der Waals surface area contributed by atoms with Crippen LogP contribution in [-0.2, 0) is 17.5 Å². The number of pyridine rings is 1. The Morgan fingerprint density at radius 3 is 2.61 bits per heavy atom. The SMILES string of the molecule is CSc1ncc2ccc(=O)n(Cc3ccc4c(ccn4CCO[Si](C)(C)C(C)(C)C)c3)c2n1. The zero-order valence-corrected chi connectivity index (χ0v) is 22.1. The highest BCUT2D eigenvalue weighted by Gasteiger charge is 2.36. The monoisotopic (exact) mass is 480 g/mol. The largest absolute Gasteiger partial charge is 0.415 e. The third kappa shape index (κ3) is 4.93. The average molecular weight is 481 g/mol. The minimum Gasteiger partial charge on any atom is -0.415 e. The van der Waals surface area contributed by atoms with Gasteiger partial charge >= 0.3 is 0 Å². The summed E-state index contributed by atoms with van der Waals surface area (Å²) in [7, 11) is -1.75. The number of aromatic nitrogens is 4. The molecule has 0 spiro atoms. The molecule has 4 aromatic rings. The fraction of sp³-hybridized carbons (Fsp3) is 0.400. The van der Waals surface area contributed by atoms with Crippen molar-refractivity contribution in [3.05, 3.63) is 64.7 Å². The first-order valence-electron chi connectivity index (χ1n) is 11.2. The lowest BCUT2D eigenvalue weighted by Crippen LogP contribution is -2.41. The van der Waals surface area contributed by atoms with Crippen molar-refractivity contribution in [2.75, 3.05) is 12.9 Å². The van der Waals surface area contributed by atoms with Crippen LogP contribution in [0.2, 0.25) is 18.1 Å². The van der Waals surface area contributed by atoms with E-state index in [-0.39, 0.29) is 10.6 Å². The van der Waals surface area contributed by atoms with E-state index in [4.69, 9.17) is 4.43 Å². The zero-order chi connectivity index (χ0) is 23.8. The molecule has 3 heterocycles. The number of fused-ring (bicyclic) bond motifs is 2. The van der Waals surface area contributed by atoms with Crippen LogP contribution in [0.4, 0.5) is 0 Å². The van der Waals surface area contributed by atoms with E-state index in [1.54, 1.807) is 22.9 Å². The van der Waals surface area contributed by atoms with Gasteiger partial charge < -0.3 is 8.99 Å². The Labute approximate surface area is 200 Å². The molecule has 1 aromatic carbocycles. The number of thioether (sulfide) groups is 1. The van der Waals surface area contributed by atoms with Crippen LogP contribution in [-0.4, -0.2) is 40.3 Å². The predicted molar refractivity (Wildman–Crippen MR) is 140 cm³/mol. The van der Waals surface area contributed by atoms with Crippen LogP contribution in [0, 0.1) is 0 Å². The Morgan fingerprint density at radius 2 is 1.88 bits per heavy atom. The van der Waals surface area contributed by atoms with E-state index in [2.05, 4.69) is 78.9 Å². The third-order valence-electron chi connectivity index (χ3n) is 6.66. The van der Waals surface area contributed by atoms with Gasteiger partial charge in [0, 0.05) is 35.9 Å². The van der Waals surface area contributed by atoms with Crippen LogP contribution in [0.5, 0.6) is 0 Å². The van der Waals surface area contributed by atoms with E-state index in [0.717, 1.165) is 22.9 Å². The Balaban J connectivity index is 1.56. The van der Waals surface area contributed by atoms with E-state index in [9.17, 15) is 4.79 Å². The highest BCUT2D eigenvalue weighted by molar-refractivity contribution is 7.98. The average Bonchev–Trinajstić information content (AvgIpc) is 3.16. The Bertz CT molecular complexity index is 1350. The van der Waals surface area contributed by atoms with E-state index in [1.165, 1.54) is 17.3 Å². The molecule has 0 aliphatic heterocycles. The predicted octanol–water partition coefficient (Wildman–Crippen LogP) is 5.54. The lowest BCUT2D eigenvalue weighted by Gasteiger charge is -2.36. The summed E-state index contributed by atoms with van der Waals surface area (Å²) >= 11 is 1.47. The van der Waals surface area contributed by atoms with Gasteiger partial charge in [-0.25, -0.2) is 9.97 Å². The first-order valence-corrected chi connectivity index (χ1v) is 15.3. The van der Waals surface area contributed by atoms with Crippen molar-refractivity contribution in [3.8, 4) is 0 Å². The molecule has 0 saturated carbocycles. The van der Waals surface area contributed by atoms with Crippen molar-refractivity contribution in [1.29, 1.82) is 0 Å². The molecule has 0 atom stereocenters. The highest BCUT2D eigenvalue weighted by Crippen LogP contribution is 2.36. The third-order valence-corrected chi connectivity index (χ3v) is 11.8. The fourth-order valence-electron chi connectivity index (χ4n) is 3.65. The Hall–Kier alpha value is -2.42. The van der Waals surface area contributed by atoms with Gasteiger partial charge in [0.05, 0.1) is 13.2 Å². The van der Waals surface area contributed by atoms with Crippen molar-refractivity contribution in [2.45, 2.75) is 57.1 Å². The number of benzene rings is 1. The van der Waals surface area contributed by atoms with E-state index < -0.39 is 8.32 Å². The van der Waals surface area contributed by atoms with Gasteiger partial charge in [-0.1, -0.05) is 38.6 Å². The van der Waals surface area contributed by atoms with Crippen LogP contribution in [0.3, 0.4) is 0 Å². The Kier molecular flexibility index (Phi) is 6.53. The van der Waals surface area contributed by atoms with Crippen molar-refractivity contribution in [1.82, 2.24) is 19.1 Å². The maximum Gasteiger partial charge on any atom is 0.252 e. The molecule has 4 rings (SSSR count). The molecule has 0 aliphatic carbocycles. The van der Waals surface area contributed by atoms with Crippen molar-refractivity contribution >= 4 is 42.0 Å². The van der Waals surface area contributed by atoms with Gasteiger partial charge in [-0.05, 0) is 59.6 Å². The summed E-state index contributed by atoms with van der Waals surface area (Å²) in [6, 6.07) is 11.9. The van der Waals surface area contributed by atoms with Gasteiger partial charge in [0.2, 0.25) is 0 Å². The molecule has 33 heavy (non-hydrogen) atoms. The van der Waals surface area contributed by atoms with Gasteiger partial charge in [0.1, 0.15) is 5.65 Å². The molecule has 0 aliphatic rings. The fourth-order valence-corrected chi connectivity index (χ4v) is 5.02. The van der Waals surface area contributed by atoms with E-state index >= 15 is 0 Å². The molecule has 0 bridgehead atoms. The maximum absolute atomic E-state index is 12.7. The first-order chi connectivity index (χ1) is 15.6. The number of rotatable bonds is 7. The number of nitrogens with zero attached hydrogens (tertiary/aromatic N) is 4. The minimum atomic E-state index is -1.75. The van der Waals surface area contributed by atoms with Gasteiger partial charge in [-0.2, -0.15) is 0 Å².